The highest BCUT2D eigenvalue weighted by atomic mass is 16.5. The van der Waals surface area contributed by atoms with Crippen molar-refractivity contribution in [1.82, 2.24) is 4.57 Å². The van der Waals surface area contributed by atoms with Gasteiger partial charge in [-0.15, -0.1) is 0 Å². The van der Waals surface area contributed by atoms with Crippen LogP contribution in [0.1, 0.15) is 11.3 Å². The lowest BCUT2D eigenvalue weighted by molar-refractivity contribution is 0.300. The summed E-state index contributed by atoms with van der Waals surface area (Å²) in [4.78, 5) is 11.8. The Morgan fingerprint density at radius 3 is 2.68 bits per heavy atom. The zero-order chi connectivity index (χ0) is 13.7. The van der Waals surface area contributed by atoms with Gasteiger partial charge in [0.15, 0.2) is 5.75 Å². The number of ether oxygens (including phenoxy) is 1. The van der Waals surface area contributed by atoms with E-state index in [1.165, 1.54) is 0 Å². The Hall–Kier alpha value is -2.07. The molecular formula is C15H18N2O2. The van der Waals surface area contributed by atoms with Gasteiger partial charge in [0, 0.05) is 24.8 Å². The molecule has 1 aromatic carbocycles. The zero-order valence-corrected chi connectivity index (χ0v) is 11.0. The quantitative estimate of drug-likeness (QED) is 0.888. The predicted octanol–water partition coefficient (Wildman–Crippen LogP) is 1.69. The van der Waals surface area contributed by atoms with E-state index in [9.17, 15) is 4.79 Å². The van der Waals surface area contributed by atoms with Crippen LogP contribution in [0.25, 0.3) is 0 Å². The maximum Gasteiger partial charge on any atom is 0.223 e. The number of hydrogen-bond donors (Lipinski definition) is 1. The second-order valence-corrected chi connectivity index (χ2v) is 4.40. The predicted molar refractivity (Wildman–Crippen MR) is 75.3 cm³/mol. The monoisotopic (exact) mass is 258 g/mol. The first-order valence-corrected chi connectivity index (χ1v) is 6.28. The second-order valence-electron chi connectivity index (χ2n) is 4.40. The summed E-state index contributed by atoms with van der Waals surface area (Å²) >= 11 is 0. The summed E-state index contributed by atoms with van der Waals surface area (Å²) in [5, 5.41) is 0. The molecule has 0 aliphatic heterocycles. The minimum absolute atomic E-state index is 0.0956. The van der Waals surface area contributed by atoms with Gasteiger partial charge in [-0.3, -0.25) is 4.79 Å². The van der Waals surface area contributed by atoms with Crippen molar-refractivity contribution < 1.29 is 4.74 Å². The van der Waals surface area contributed by atoms with E-state index in [-0.39, 0.29) is 5.43 Å². The minimum Gasteiger partial charge on any atom is -0.483 e. The third kappa shape index (κ3) is 3.45. The summed E-state index contributed by atoms with van der Waals surface area (Å²) in [6.45, 7) is 3.48. The van der Waals surface area contributed by atoms with Gasteiger partial charge in [0.1, 0.15) is 6.61 Å². The van der Waals surface area contributed by atoms with Crippen LogP contribution in [0.4, 0.5) is 0 Å². The Balaban J connectivity index is 2.16. The minimum atomic E-state index is -0.0956. The van der Waals surface area contributed by atoms with E-state index < -0.39 is 0 Å². The first kappa shape index (κ1) is 13.4. The van der Waals surface area contributed by atoms with E-state index in [4.69, 9.17) is 10.5 Å². The fourth-order valence-corrected chi connectivity index (χ4v) is 1.87. The highest BCUT2D eigenvalue weighted by Crippen LogP contribution is 2.09. The summed E-state index contributed by atoms with van der Waals surface area (Å²) in [7, 11) is 0. The summed E-state index contributed by atoms with van der Waals surface area (Å²) in [6.07, 6.45) is 1.73. The van der Waals surface area contributed by atoms with Gasteiger partial charge in [-0.2, -0.15) is 0 Å². The molecule has 2 aromatic rings. The molecule has 0 atom stereocenters. The Morgan fingerprint density at radius 1 is 1.26 bits per heavy atom. The van der Waals surface area contributed by atoms with Crippen molar-refractivity contribution in [2.24, 2.45) is 5.73 Å². The molecule has 0 fully saturated rings. The van der Waals surface area contributed by atoms with Crippen molar-refractivity contribution >= 4 is 0 Å². The van der Waals surface area contributed by atoms with Crippen LogP contribution < -0.4 is 15.9 Å². The van der Waals surface area contributed by atoms with Crippen molar-refractivity contribution in [3.63, 3.8) is 0 Å². The van der Waals surface area contributed by atoms with Crippen molar-refractivity contribution in [2.75, 3.05) is 6.54 Å². The molecule has 4 nitrogen and oxygen atoms in total. The number of rotatable bonds is 5. The first-order valence-electron chi connectivity index (χ1n) is 6.28. The molecule has 1 aromatic heterocycles. The molecule has 1 heterocycles. The summed E-state index contributed by atoms with van der Waals surface area (Å²) in [5.41, 5.74) is 7.37. The van der Waals surface area contributed by atoms with E-state index >= 15 is 0 Å². The van der Waals surface area contributed by atoms with Crippen LogP contribution in [-0.4, -0.2) is 11.1 Å². The van der Waals surface area contributed by atoms with E-state index in [1.807, 2.05) is 41.8 Å². The molecule has 0 unspecified atom stereocenters. The fourth-order valence-electron chi connectivity index (χ4n) is 1.87. The third-order valence-electron chi connectivity index (χ3n) is 2.92. The molecule has 0 bridgehead atoms. The van der Waals surface area contributed by atoms with Crippen LogP contribution in [0.3, 0.4) is 0 Å². The Labute approximate surface area is 112 Å². The Bertz CT molecular complexity index is 591. The normalized spacial score (nSPS) is 10.4. The molecule has 2 N–H and O–H groups in total. The van der Waals surface area contributed by atoms with E-state index in [1.54, 1.807) is 12.3 Å². The third-order valence-corrected chi connectivity index (χ3v) is 2.92. The summed E-state index contributed by atoms with van der Waals surface area (Å²) < 4.78 is 7.52. The van der Waals surface area contributed by atoms with Gasteiger partial charge in [-0.05, 0) is 12.5 Å². The standard InChI is InChI=1S/C15H18N2O2/c1-12-9-14(18)15(10-17(12)8-7-16)19-11-13-5-3-2-4-6-13/h2-6,9-10H,7-8,11,16H2,1H3. The van der Waals surface area contributed by atoms with Gasteiger partial charge in [0.25, 0.3) is 0 Å². The van der Waals surface area contributed by atoms with Crippen LogP contribution in [0.2, 0.25) is 0 Å². The smallest absolute Gasteiger partial charge is 0.223 e. The van der Waals surface area contributed by atoms with Gasteiger partial charge in [-0.1, -0.05) is 30.3 Å². The number of aryl methyl sites for hydroxylation is 1. The zero-order valence-electron chi connectivity index (χ0n) is 11.0. The van der Waals surface area contributed by atoms with Gasteiger partial charge < -0.3 is 15.0 Å². The lowest BCUT2D eigenvalue weighted by atomic mass is 10.2. The highest BCUT2D eigenvalue weighted by molar-refractivity contribution is 5.22. The van der Waals surface area contributed by atoms with Crippen LogP contribution >= 0.6 is 0 Å². The molecule has 0 saturated heterocycles. The molecule has 4 heteroatoms. The van der Waals surface area contributed by atoms with Crippen molar-refractivity contribution in [2.45, 2.75) is 20.1 Å². The average molecular weight is 258 g/mol. The van der Waals surface area contributed by atoms with Crippen LogP contribution in [0.15, 0.2) is 47.4 Å². The molecule has 0 amide bonds. The van der Waals surface area contributed by atoms with E-state index in [0.717, 1.165) is 11.3 Å². The Morgan fingerprint density at radius 2 is 2.00 bits per heavy atom. The van der Waals surface area contributed by atoms with Gasteiger partial charge in [0.05, 0.1) is 6.20 Å². The molecule has 0 aliphatic rings. The number of nitrogens with zero attached hydrogens (tertiary/aromatic N) is 1. The largest absolute Gasteiger partial charge is 0.483 e. The molecule has 0 radical (unpaired) electrons. The van der Waals surface area contributed by atoms with Crippen molar-refractivity contribution in [3.8, 4) is 5.75 Å². The average Bonchev–Trinajstić information content (AvgIpc) is 2.42. The van der Waals surface area contributed by atoms with E-state index in [2.05, 4.69) is 0 Å². The maximum absolute atomic E-state index is 11.8. The Kier molecular flexibility index (Phi) is 4.36. The van der Waals surface area contributed by atoms with Crippen LogP contribution in [-0.2, 0) is 13.2 Å². The second kappa shape index (κ2) is 6.20. The van der Waals surface area contributed by atoms with Gasteiger partial charge >= 0.3 is 0 Å². The topological polar surface area (TPSA) is 57.2 Å². The van der Waals surface area contributed by atoms with Crippen molar-refractivity contribution in [3.05, 3.63) is 64.1 Å². The lowest BCUT2D eigenvalue weighted by Gasteiger charge is -2.12. The molecule has 100 valence electrons. The number of nitrogens with two attached hydrogens (primary N) is 1. The maximum atomic E-state index is 11.8. The van der Waals surface area contributed by atoms with Crippen molar-refractivity contribution in [1.29, 1.82) is 0 Å². The SMILES string of the molecule is Cc1cc(=O)c(OCc2ccccc2)cn1CCN. The summed E-state index contributed by atoms with van der Waals surface area (Å²) in [5.74, 6) is 0.364. The molecule has 19 heavy (non-hydrogen) atoms. The van der Waals surface area contributed by atoms with Gasteiger partial charge in [0.2, 0.25) is 5.43 Å². The van der Waals surface area contributed by atoms with Crippen LogP contribution in [0, 0.1) is 6.92 Å². The number of pyridine rings is 1. The molecule has 2 rings (SSSR count). The van der Waals surface area contributed by atoms with Crippen LogP contribution in [0.5, 0.6) is 5.75 Å². The number of benzene rings is 1. The fraction of sp³-hybridized carbons (Fsp3) is 0.267. The number of aromatic nitrogens is 1. The molecular weight excluding hydrogens is 240 g/mol. The first-order chi connectivity index (χ1) is 9.20. The lowest BCUT2D eigenvalue weighted by Crippen LogP contribution is -2.17. The highest BCUT2D eigenvalue weighted by Gasteiger charge is 2.05. The summed E-state index contributed by atoms with van der Waals surface area (Å²) in [6, 6.07) is 11.3. The molecule has 0 spiro atoms. The number of hydrogen-bond acceptors (Lipinski definition) is 3. The molecule has 0 saturated carbocycles. The molecule has 0 aliphatic carbocycles. The van der Waals surface area contributed by atoms with E-state index in [0.29, 0.717) is 25.4 Å². The van der Waals surface area contributed by atoms with Gasteiger partial charge in [-0.25, -0.2) is 0 Å².